The van der Waals surface area contributed by atoms with Gasteiger partial charge in [-0.15, -0.1) is 0 Å². The minimum absolute atomic E-state index is 0.00573. The van der Waals surface area contributed by atoms with Crippen molar-refractivity contribution in [3.05, 3.63) is 11.6 Å². The fourth-order valence-electron chi connectivity index (χ4n) is 2.99. The smallest absolute Gasteiger partial charge is 0.370 e. The number of halogens is 1. The standard InChI is InChI=1S/C16H22FN3O6/c1-3-24-15(22)13(17)26-20-11-6-9(2)12(19(7-11)16(20)23)14(21)18-25-8-10-4-5-10/h6,10-13H,3-5,7-8H2,1-2H3,(H,18,21)/t11-,12-,13+/m0/s1. The van der Waals surface area contributed by atoms with Gasteiger partial charge in [-0.1, -0.05) is 6.08 Å². The summed E-state index contributed by atoms with van der Waals surface area (Å²) in [7, 11) is 0. The lowest BCUT2D eigenvalue weighted by Crippen LogP contribution is -2.50. The van der Waals surface area contributed by atoms with Gasteiger partial charge in [0.1, 0.15) is 6.04 Å². The summed E-state index contributed by atoms with van der Waals surface area (Å²) < 4.78 is 18.4. The van der Waals surface area contributed by atoms with Gasteiger partial charge in [0.15, 0.2) is 0 Å². The number of urea groups is 1. The first-order valence-corrected chi connectivity index (χ1v) is 8.59. The maximum absolute atomic E-state index is 13.8. The van der Waals surface area contributed by atoms with Crippen LogP contribution in [0.4, 0.5) is 9.18 Å². The highest BCUT2D eigenvalue weighted by atomic mass is 19.1. The predicted octanol–water partition coefficient (Wildman–Crippen LogP) is 0.669. The number of carbonyl (C=O) groups is 3. The van der Waals surface area contributed by atoms with Crippen LogP contribution in [0, 0.1) is 5.92 Å². The molecule has 0 aromatic rings. The van der Waals surface area contributed by atoms with Gasteiger partial charge in [0, 0.05) is 0 Å². The van der Waals surface area contributed by atoms with Crippen molar-refractivity contribution in [2.45, 2.75) is 45.1 Å². The molecule has 3 rings (SSSR count). The van der Waals surface area contributed by atoms with Crippen LogP contribution < -0.4 is 5.48 Å². The lowest BCUT2D eigenvalue weighted by molar-refractivity contribution is -0.223. The van der Waals surface area contributed by atoms with E-state index in [1.54, 1.807) is 13.0 Å². The normalized spacial score (nSPS) is 25.8. The summed E-state index contributed by atoms with van der Waals surface area (Å²) in [6.07, 6.45) is 1.40. The SMILES string of the molecule is CCOC(=O)[C@H](F)ON1C(=O)N2C[C@@H]1C=C(C)[C@H]2C(=O)NOCC1CC1. The number of hydrogen-bond donors (Lipinski definition) is 1. The molecule has 26 heavy (non-hydrogen) atoms. The van der Waals surface area contributed by atoms with E-state index in [2.05, 4.69) is 10.2 Å². The Hall–Kier alpha value is -2.20. The Balaban J connectivity index is 1.62. The van der Waals surface area contributed by atoms with E-state index in [9.17, 15) is 18.8 Å². The molecule has 2 fully saturated rings. The number of fused-ring (bicyclic) bond motifs is 2. The van der Waals surface area contributed by atoms with Crippen LogP contribution >= 0.6 is 0 Å². The van der Waals surface area contributed by atoms with Gasteiger partial charge in [0.05, 0.1) is 25.8 Å². The predicted molar refractivity (Wildman–Crippen MR) is 84.7 cm³/mol. The third kappa shape index (κ3) is 3.80. The average molecular weight is 371 g/mol. The van der Waals surface area contributed by atoms with Gasteiger partial charge in [-0.2, -0.15) is 5.06 Å². The first kappa shape index (κ1) is 18.6. The maximum atomic E-state index is 13.8. The van der Waals surface area contributed by atoms with Crippen LogP contribution in [0.5, 0.6) is 0 Å². The Kier molecular flexibility index (Phi) is 5.42. The topological polar surface area (TPSA) is 97.4 Å². The van der Waals surface area contributed by atoms with Crippen molar-refractivity contribution in [3.8, 4) is 0 Å². The zero-order valence-electron chi connectivity index (χ0n) is 14.6. The number of ether oxygens (including phenoxy) is 1. The van der Waals surface area contributed by atoms with Gasteiger partial charge in [-0.3, -0.25) is 9.63 Å². The van der Waals surface area contributed by atoms with Crippen molar-refractivity contribution in [3.63, 3.8) is 0 Å². The van der Waals surface area contributed by atoms with Crippen molar-refractivity contribution in [2.24, 2.45) is 5.92 Å². The second-order valence-electron chi connectivity index (χ2n) is 6.54. The van der Waals surface area contributed by atoms with E-state index in [0.29, 0.717) is 18.1 Å². The molecule has 1 saturated heterocycles. The Morgan fingerprint density at radius 2 is 2.15 bits per heavy atom. The largest absolute Gasteiger partial charge is 0.462 e. The lowest BCUT2D eigenvalue weighted by atomic mass is 10.0. The Morgan fingerprint density at radius 1 is 1.42 bits per heavy atom. The highest BCUT2D eigenvalue weighted by molar-refractivity contribution is 5.91. The summed E-state index contributed by atoms with van der Waals surface area (Å²) in [4.78, 5) is 47.6. The molecular formula is C16H22FN3O6. The molecule has 0 unspecified atom stereocenters. The first-order chi connectivity index (χ1) is 12.4. The highest BCUT2D eigenvalue weighted by Gasteiger charge is 2.49. The summed E-state index contributed by atoms with van der Waals surface area (Å²) in [6, 6.07) is -2.16. The van der Waals surface area contributed by atoms with Gasteiger partial charge in [0.2, 0.25) is 0 Å². The van der Waals surface area contributed by atoms with E-state index in [1.165, 1.54) is 11.8 Å². The van der Waals surface area contributed by atoms with Crippen LogP contribution in [0.25, 0.3) is 0 Å². The molecule has 9 nitrogen and oxygen atoms in total. The molecule has 1 aliphatic carbocycles. The summed E-state index contributed by atoms with van der Waals surface area (Å²) in [5, 5.41) is 0.767. The maximum Gasteiger partial charge on any atom is 0.370 e. The van der Waals surface area contributed by atoms with Crippen molar-refractivity contribution < 1.29 is 33.2 Å². The number of nitrogens with zero attached hydrogens (tertiary/aromatic N) is 2. The van der Waals surface area contributed by atoms with Gasteiger partial charge in [0.25, 0.3) is 5.91 Å². The third-order valence-electron chi connectivity index (χ3n) is 4.43. The van der Waals surface area contributed by atoms with E-state index < -0.39 is 36.3 Å². The summed E-state index contributed by atoms with van der Waals surface area (Å²) >= 11 is 0. The van der Waals surface area contributed by atoms with E-state index in [4.69, 9.17) is 9.68 Å². The molecule has 1 N–H and O–H groups in total. The minimum Gasteiger partial charge on any atom is -0.462 e. The third-order valence-corrected chi connectivity index (χ3v) is 4.43. The van der Waals surface area contributed by atoms with Gasteiger partial charge in [-0.05, 0) is 38.2 Å². The Bertz CT molecular complexity index is 623. The quantitative estimate of drug-likeness (QED) is 0.383. The first-order valence-electron chi connectivity index (χ1n) is 8.59. The van der Waals surface area contributed by atoms with Crippen LogP contribution in [0.3, 0.4) is 0 Å². The second kappa shape index (κ2) is 7.58. The molecule has 2 bridgehead atoms. The lowest BCUT2D eigenvalue weighted by Gasteiger charge is -2.28. The zero-order valence-corrected chi connectivity index (χ0v) is 14.6. The molecule has 1 saturated carbocycles. The average Bonchev–Trinajstić information content (AvgIpc) is 3.38. The molecule has 0 radical (unpaired) electrons. The number of rotatable bonds is 8. The molecule has 3 aliphatic rings. The minimum atomic E-state index is -2.41. The van der Waals surface area contributed by atoms with Gasteiger partial charge >= 0.3 is 18.4 Å². The molecule has 2 aliphatic heterocycles. The van der Waals surface area contributed by atoms with E-state index in [0.717, 1.165) is 17.9 Å². The van der Waals surface area contributed by atoms with Gasteiger partial charge < -0.3 is 9.64 Å². The molecule has 3 atom stereocenters. The molecule has 2 heterocycles. The highest BCUT2D eigenvalue weighted by Crippen LogP contribution is 2.31. The Labute approximate surface area is 149 Å². The fraction of sp³-hybridized carbons (Fsp3) is 0.688. The van der Waals surface area contributed by atoms with E-state index >= 15 is 0 Å². The van der Waals surface area contributed by atoms with Crippen molar-refractivity contribution in [1.82, 2.24) is 15.4 Å². The van der Waals surface area contributed by atoms with Crippen LogP contribution in [-0.2, 0) is 24.0 Å². The van der Waals surface area contributed by atoms with Crippen molar-refractivity contribution >= 4 is 17.9 Å². The Morgan fingerprint density at radius 3 is 2.81 bits per heavy atom. The van der Waals surface area contributed by atoms with Crippen LogP contribution in [0.2, 0.25) is 0 Å². The second-order valence-corrected chi connectivity index (χ2v) is 6.54. The molecule has 0 spiro atoms. The van der Waals surface area contributed by atoms with Crippen molar-refractivity contribution in [2.75, 3.05) is 19.8 Å². The number of carbonyl (C=O) groups excluding carboxylic acids is 3. The number of nitrogens with one attached hydrogen (secondary N) is 1. The van der Waals surface area contributed by atoms with Crippen LogP contribution in [0.15, 0.2) is 11.6 Å². The molecule has 144 valence electrons. The monoisotopic (exact) mass is 371 g/mol. The summed E-state index contributed by atoms with van der Waals surface area (Å²) in [6.45, 7) is 3.81. The number of amides is 3. The summed E-state index contributed by atoms with van der Waals surface area (Å²) in [5.41, 5.74) is 2.98. The summed E-state index contributed by atoms with van der Waals surface area (Å²) in [5.74, 6) is -1.21. The van der Waals surface area contributed by atoms with E-state index in [1.807, 2.05) is 0 Å². The molecule has 0 aromatic heterocycles. The fourth-order valence-corrected chi connectivity index (χ4v) is 2.99. The van der Waals surface area contributed by atoms with Crippen molar-refractivity contribution in [1.29, 1.82) is 0 Å². The van der Waals surface area contributed by atoms with Crippen LogP contribution in [-0.4, -0.2) is 66.1 Å². The number of hydroxylamine groups is 3. The number of esters is 1. The zero-order chi connectivity index (χ0) is 18.8. The molecular weight excluding hydrogens is 349 g/mol. The van der Waals surface area contributed by atoms with Crippen LogP contribution in [0.1, 0.15) is 26.7 Å². The molecule has 0 aromatic carbocycles. The van der Waals surface area contributed by atoms with Gasteiger partial charge in [-0.25, -0.2) is 24.3 Å². The number of alkyl halides is 1. The molecule has 3 amide bonds. The molecule has 10 heteroatoms. The van der Waals surface area contributed by atoms with E-state index in [-0.39, 0.29) is 13.2 Å². The number of hydrogen-bond acceptors (Lipinski definition) is 6.